The smallest absolute Gasteiger partial charge is 0.419 e. The van der Waals surface area contributed by atoms with Crippen LogP contribution in [0.1, 0.15) is 64.4 Å². The second kappa shape index (κ2) is 11.0. The van der Waals surface area contributed by atoms with Gasteiger partial charge >= 0.3 is 12.3 Å². The quantitative estimate of drug-likeness (QED) is 0.373. The largest absolute Gasteiger partial charge is 0.443 e. The van der Waals surface area contributed by atoms with E-state index in [-0.39, 0.29) is 0 Å². The van der Waals surface area contributed by atoms with E-state index in [1.807, 2.05) is 27.7 Å². The fraction of sp³-hybridized carbons (Fsp3) is 0.360. The maximum absolute atomic E-state index is 13.1. The molecule has 0 radical (unpaired) electrons. The van der Waals surface area contributed by atoms with Crippen molar-refractivity contribution in [3.63, 3.8) is 0 Å². The van der Waals surface area contributed by atoms with Gasteiger partial charge in [-0.1, -0.05) is 52.0 Å². The fourth-order valence-electron chi connectivity index (χ4n) is 2.87. The van der Waals surface area contributed by atoms with Crippen molar-refractivity contribution in [1.29, 1.82) is 0 Å². The molecule has 7 heteroatoms. The fourth-order valence-corrected chi connectivity index (χ4v) is 2.87. The van der Waals surface area contributed by atoms with Crippen molar-refractivity contribution in [3.05, 3.63) is 59.8 Å². The van der Waals surface area contributed by atoms with Crippen LogP contribution in [0, 0.1) is 0 Å². The van der Waals surface area contributed by atoms with Crippen LogP contribution in [0.3, 0.4) is 0 Å². The summed E-state index contributed by atoms with van der Waals surface area (Å²) in [5.41, 5.74) is -0.0814. The molecule has 1 aromatic heterocycles. The Bertz CT molecular complexity index is 1060. The minimum Gasteiger partial charge on any atom is -0.443 e. The van der Waals surface area contributed by atoms with E-state index in [0.717, 1.165) is 12.1 Å². The lowest BCUT2D eigenvalue weighted by molar-refractivity contribution is -0.137. The molecule has 0 amide bonds. The average Bonchev–Trinajstić information content (AvgIpc) is 3.14. The summed E-state index contributed by atoms with van der Waals surface area (Å²) in [7, 11) is 0. The van der Waals surface area contributed by atoms with Crippen molar-refractivity contribution < 1.29 is 27.5 Å². The Morgan fingerprint density at radius 3 is 2.12 bits per heavy atom. The SMILES string of the molecule is CC.CC.CC(C)(C)OC(=O)n1cc(-c2cccc(C(F)(F)F)c2)c2ccc(C=O)cc21. The van der Waals surface area contributed by atoms with Gasteiger partial charge in [-0.2, -0.15) is 13.2 Å². The molecule has 0 aliphatic rings. The van der Waals surface area contributed by atoms with Gasteiger partial charge in [0.2, 0.25) is 0 Å². The van der Waals surface area contributed by atoms with Crippen LogP contribution in [0.5, 0.6) is 0 Å². The molecule has 4 nitrogen and oxygen atoms in total. The van der Waals surface area contributed by atoms with E-state index in [0.29, 0.717) is 33.9 Å². The molecule has 1 heterocycles. The Hall–Kier alpha value is -3.09. The van der Waals surface area contributed by atoms with Crippen molar-refractivity contribution in [2.24, 2.45) is 0 Å². The second-order valence-corrected chi connectivity index (χ2v) is 7.37. The third-order valence-electron chi connectivity index (χ3n) is 4.06. The molecule has 174 valence electrons. The van der Waals surface area contributed by atoms with E-state index in [1.165, 1.54) is 29.0 Å². The van der Waals surface area contributed by atoms with Crippen molar-refractivity contribution in [3.8, 4) is 11.1 Å². The molecule has 0 saturated heterocycles. The van der Waals surface area contributed by atoms with Crippen LogP contribution in [0.15, 0.2) is 48.7 Å². The number of alkyl halides is 3. The molecule has 0 aliphatic heterocycles. The number of nitrogens with zero attached hydrogens (tertiary/aromatic N) is 1. The van der Waals surface area contributed by atoms with Crippen molar-refractivity contribution in [2.75, 3.05) is 0 Å². The Morgan fingerprint density at radius 2 is 1.59 bits per heavy atom. The van der Waals surface area contributed by atoms with Gasteiger partial charge in [0.1, 0.15) is 11.9 Å². The number of hydrogen-bond donors (Lipinski definition) is 0. The van der Waals surface area contributed by atoms with E-state index in [2.05, 4.69) is 0 Å². The Labute approximate surface area is 187 Å². The number of halogens is 3. The lowest BCUT2D eigenvalue weighted by Crippen LogP contribution is -2.26. The number of aldehydes is 1. The summed E-state index contributed by atoms with van der Waals surface area (Å²) in [6, 6.07) is 9.53. The van der Waals surface area contributed by atoms with E-state index >= 15 is 0 Å². The topological polar surface area (TPSA) is 48.3 Å². The summed E-state index contributed by atoms with van der Waals surface area (Å²) in [4.78, 5) is 23.8. The van der Waals surface area contributed by atoms with Crippen molar-refractivity contribution >= 4 is 23.3 Å². The number of hydrogen-bond acceptors (Lipinski definition) is 3. The van der Waals surface area contributed by atoms with Crippen LogP contribution in [0.25, 0.3) is 22.0 Å². The Morgan fingerprint density at radius 1 is 0.969 bits per heavy atom. The van der Waals surface area contributed by atoms with Gasteiger partial charge in [-0.25, -0.2) is 4.79 Å². The maximum Gasteiger partial charge on any atom is 0.419 e. The first-order valence-electron chi connectivity index (χ1n) is 10.5. The number of rotatable bonds is 2. The molecular weight excluding hydrogens is 419 g/mol. The van der Waals surface area contributed by atoms with Crippen LogP contribution in [0.4, 0.5) is 18.0 Å². The van der Waals surface area contributed by atoms with Gasteiger partial charge in [0.15, 0.2) is 0 Å². The molecule has 3 aromatic rings. The summed E-state index contributed by atoms with van der Waals surface area (Å²) in [6.07, 6.45) is -3.10. The zero-order valence-electron chi connectivity index (χ0n) is 19.5. The molecule has 0 atom stereocenters. The van der Waals surface area contributed by atoms with E-state index in [4.69, 9.17) is 4.74 Å². The number of aromatic nitrogens is 1. The first-order valence-corrected chi connectivity index (χ1v) is 10.5. The Kier molecular flexibility index (Phi) is 9.24. The highest BCUT2D eigenvalue weighted by molar-refractivity contribution is 6.02. The highest BCUT2D eigenvalue weighted by atomic mass is 19.4. The van der Waals surface area contributed by atoms with Crippen LogP contribution in [-0.2, 0) is 10.9 Å². The van der Waals surface area contributed by atoms with Crippen LogP contribution < -0.4 is 0 Å². The van der Waals surface area contributed by atoms with Gasteiger partial charge < -0.3 is 4.74 Å². The zero-order valence-corrected chi connectivity index (χ0v) is 19.5. The molecule has 0 spiro atoms. The molecule has 2 aromatic carbocycles. The van der Waals surface area contributed by atoms with Gasteiger partial charge in [0.25, 0.3) is 0 Å². The number of fused-ring (bicyclic) bond motifs is 1. The highest BCUT2D eigenvalue weighted by Crippen LogP contribution is 2.36. The molecule has 0 unspecified atom stereocenters. The molecule has 0 N–H and O–H groups in total. The predicted molar refractivity (Wildman–Crippen MR) is 122 cm³/mol. The number of carbonyl (C=O) groups excluding carboxylic acids is 2. The van der Waals surface area contributed by atoms with E-state index in [9.17, 15) is 22.8 Å². The monoisotopic (exact) mass is 449 g/mol. The standard InChI is InChI=1S/C21H18F3NO3.2C2H6/c1-20(2,3)28-19(27)25-11-17(16-8-7-13(12-26)9-18(16)25)14-5-4-6-15(10-14)21(22,23)24;2*1-2/h4-12H,1-3H3;2*1-2H3. The molecule has 0 fully saturated rings. The molecular formula is C25H30F3NO3. The third-order valence-corrected chi connectivity index (χ3v) is 4.06. The summed E-state index contributed by atoms with van der Waals surface area (Å²) < 4.78 is 45.9. The summed E-state index contributed by atoms with van der Waals surface area (Å²) >= 11 is 0. The maximum atomic E-state index is 13.1. The van der Waals surface area contributed by atoms with E-state index < -0.39 is 23.4 Å². The lowest BCUT2D eigenvalue weighted by Gasteiger charge is -2.19. The van der Waals surface area contributed by atoms with Gasteiger partial charge in [-0.15, -0.1) is 0 Å². The van der Waals surface area contributed by atoms with Crippen molar-refractivity contribution in [1.82, 2.24) is 4.57 Å². The van der Waals surface area contributed by atoms with Crippen LogP contribution in [0.2, 0.25) is 0 Å². The molecule has 0 aliphatic carbocycles. The molecule has 0 bridgehead atoms. The van der Waals surface area contributed by atoms with Gasteiger partial charge in [0.05, 0.1) is 11.1 Å². The van der Waals surface area contributed by atoms with Gasteiger partial charge in [-0.3, -0.25) is 9.36 Å². The number of benzene rings is 2. The van der Waals surface area contributed by atoms with Gasteiger partial charge in [0, 0.05) is 22.7 Å². The second-order valence-electron chi connectivity index (χ2n) is 7.37. The molecule has 3 rings (SSSR count). The summed E-state index contributed by atoms with van der Waals surface area (Å²) in [5.74, 6) is 0. The summed E-state index contributed by atoms with van der Waals surface area (Å²) in [6.45, 7) is 13.1. The minimum absolute atomic E-state index is 0.306. The molecule has 0 saturated carbocycles. The first-order chi connectivity index (χ1) is 15.0. The number of carbonyl (C=O) groups is 2. The normalized spacial score (nSPS) is 11.1. The summed E-state index contributed by atoms with van der Waals surface area (Å²) in [5, 5.41) is 0.538. The first kappa shape index (κ1) is 26.9. The van der Waals surface area contributed by atoms with E-state index in [1.54, 1.807) is 32.9 Å². The third kappa shape index (κ3) is 6.45. The average molecular weight is 450 g/mol. The Balaban J connectivity index is 0.00000121. The number of ether oxygens (including phenoxy) is 1. The van der Waals surface area contributed by atoms with Crippen LogP contribution >= 0.6 is 0 Å². The zero-order chi connectivity index (χ0) is 24.7. The predicted octanol–water partition coefficient (Wildman–Crippen LogP) is 7.98. The van der Waals surface area contributed by atoms with Crippen LogP contribution in [-0.4, -0.2) is 22.5 Å². The van der Waals surface area contributed by atoms with Crippen molar-refractivity contribution in [2.45, 2.75) is 60.2 Å². The molecule has 32 heavy (non-hydrogen) atoms. The minimum atomic E-state index is -4.48. The van der Waals surface area contributed by atoms with Gasteiger partial charge in [-0.05, 0) is 44.5 Å². The highest BCUT2D eigenvalue weighted by Gasteiger charge is 2.31. The lowest BCUT2D eigenvalue weighted by atomic mass is 10.0.